The van der Waals surface area contributed by atoms with Gasteiger partial charge >= 0.3 is 0 Å². The van der Waals surface area contributed by atoms with E-state index in [2.05, 4.69) is 19.2 Å². The highest BCUT2D eigenvalue weighted by molar-refractivity contribution is 5.75. The lowest BCUT2D eigenvalue weighted by Crippen LogP contribution is -2.25. The van der Waals surface area contributed by atoms with Gasteiger partial charge in [-0.25, -0.2) is 0 Å². The van der Waals surface area contributed by atoms with Crippen molar-refractivity contribution in [2.45, 2.75) is 39.5 Å². The summed E-state index contributed by atoms with van der Waals surface area (Å²) in [5.41, 5.74) is 5.54. The molecule has 0 aromatic heterocycles. The number of rotatable bonds is 8. The highest BCUT2D eigenvalue weighted by Gasteiger charge is 2.13. The Hall–Kier alpha value is -1.08. The lowest BCUT2D eigenvalue weighted by molar-refractivity contribution is -0.121. The fourth-order valence-electron chi connectivity index (χ4n) is 1.69. The van der Waals surface area contributed by atoms with E-state index in [1.54, 1.807) is 0 Å². The highest BCUT2D eigenvalue weighted by atomic mass is 16.1. The predicted molar refractivity (Wildman–Crippen MR) is 64.5 cm³/mol. The SMILES string of the molecule is CC(C)C(CCN)CCC(=O)NCCC#N. The van der Waals surface area contributed by atoms with Gasteiger partial charge in [-0.3, -0.25) is 4.79 Å². The van der Waals surface area contributed by atoms with E-state index >= 15 is 0 Å². The monoisotopic (exact) mass is 225 g/mol. The molecule has 0 aromatic rings. The molecule has 0 aromatic carbocycles. The van der Waals surface area contributed by atoms with Crippen molar-refractivity contribution in [3.05, 3.63) is 0 Å². The Morgan fingerprint density at radius 1 is 1.44 bits per heavy atom. The minimum atomic E-state index is 0.0397. The molecule has 0 aliphatic rings. The van der Waals surface area contributed by atoms with Crippen LogP contribution in [0.2, 0.25) is 0 Å². The molecule has 1 amide bonds. The molecule has 16 heavy (non-hydrogen) atoms. The standard InChI is InChI=1S/C12H23N3O/c1-10(2)11(6-8-14)4-5-12(16)15-9-3-7-13/h10-11H,3-6,8-9,14H2,1-2H3,(H,15,16). The van der Waals surface area contributed by atoms with E-state index in [1.807, 2.05) is 6.07 Å². The van der Waals surface area contributed by atoms with E-state index in [0.29, 0.717) is 37.8 Å². The van der Waals surface area contributed by atoms with Crippen LogP contribution in [0, 0.1) is 23.2 Å². The molecule has 3 N–H and O–H groups in total. The molecule has 0 saturated carbocycles. The van der Waals surface area contributed by atoms with Gasteiger partial charge in [-0.2, -0.15) is 5.26 Å². The zero-order valence-electron chi connectivity index (χ0n) is 10.3. The van der Waals surface area contributed by atoms with Crippen LogP contribution in [-0.4, -0.2) is 19.0 Å². The smallest absolute Gasteiger partial charge is 0.220 e. The van der Waals surface area contributed by atoms with Crippen molar-refractivity contribution >= 4 is 5.91 Å². The number of nitrogens with zero attached hydrogens (tertiary/aromatic N) is 1. The van der Waals surface area contributed by atoms with E-state index < -0.39 is 0 Å². The van der Waals surface area contributed by atoms with Gasteiger partial charge in [0.25, 0.3) is 0 Å². The molecule has 0 spiro atoms. The van der Waals surface area contributed by atoms with Crippen LogP contribution >= 0.6 is 0 Å². The van der Waals surface area contributed by atoms with Crippen molar-refractivity contribution in [3.63, 3.8) is 0 Å². The van der Waals surface area contributed by atoms with Crippen LogP contribution in [0.4, 0.5) is 0 Å². The van der Waals surface area contributed by atoms with Gasteiger partial charge in [0.2, 0.25) is 5.91 Å². The minimum absolute atomic E-state index is 0.0397. The summed E-state index contributed by atoms with van der Waals surface area (Å²) in [6.07, 6.45) is 2.77. The lowest BCUT2D eigenvalue weighted by atomic mass is 9.88. The van der Waals surface area contributed by atoms with Crippen molar-refractivity contribution in [2.24, 2.45) is 17.6 Å². The summed E-state index contributed by atoms with van der Waals surface area (Å²) in [6.45, 7) is 5.46. The molecular weight excluding hydrogens is 202 g/mol. The van der Waals surface area contributed by atoms with E-state index in [4.69, 9.17) is 11.0 Å². The van der Waals surface area contributed by atoms with Crippen molar-refractivity contribution in [2.75, 3.05) is 13.1 Å². The maximum Gasteiger partial charge on any atom is 0.220 e. The molecule has 0 rings (SSSR count). The van der Waals surface area contributed by atoms with Crippen molar-refractivity contribution < 1.29 is 4.79 Å². The number of carbonyl (C=O) groups excluding carboxylic acids is 1. The second-order valence-electron chi connectivity index (χ2n) is 4.38. The molecule has 0 fully saturated rings. The topological polar surface area (TPSA) is 78.9 Å². The van der Waals surface area contributed by atoms with Crippen LogP contribution in [0.5, 0.6) is 0 Å². The van der Waals surface area contributed by atoms with Crippen LogP contribution in [0.1, 0.15) is 39.5 Å². The molecule has 1 unspecified atom stereocenters. The Bertz CT molecular complexity index is 233. The van der Waals surface area contributed by atoms with Crippen LogP contribution in [0.25, 0.3) is 0 Å². The third-order valence-electron chi connectivity index (χ3n) is 2.78. The van der Waals surface area contributed by atoms with E-state index in [0.717, 1.165) is 12.8 Å². The van der Waals surface area contributed by atoms with Crippen molar-refractivity contribution in [3.8, 4) is 6.07 Å². The van der Waals surface area contributed by atoms with Gasteiger partial charge < -0.3 is 11.1 Å². The molecule has 0 aliphatic heterocycles. The zero-order chi connectivity index (χ0) is 12.4. The quantitative estimate of drug-likeness (QED) is 0.613. The van der Waals surface area contributed by atoms with Crippen molar-refractivity contribution in [1.82, 2.24) is 5.32 Å². The first kappa shape index (κ1) is 14.9. The molecule has 92 valence electrons. The van der Waals surface area contributed by atoms with Gasteiger partial charge in [0.05, 0.1) is 12.5 Å². The summed E-state index contributed by atoms with van der Waals surface area (Å²) in [5, 5.41) is 11.1. The molecular formula is C12H23N3O. The summed E-state index contributed by atoms with van der Waals surface area (Å²) in [6, 6.07) is 2.00. The van der Waals surface area contributed by atoms with Gasteiger partial charge in [0.15, 0.2) is 0 Å². The van der Waals surface area contributed by atoms with Gasteiger partial charge in [0, 0.05) is 13.0 Å². The molecule has 0 heterocycles. The average molecular weight is 225 g/mol. The molecule has 4 nitrogen and oxygen atoms in total. The normalized spacial score (nSPS) is 12.2. The van der Waals surface area contributed by atoms with E-state index in [9.17, 15) is 4.79 Å². The van der Waals surface area contributed by atoms with Crippen molar-refractivity contribution in [1.29, 1.82) is 5.26 Å². The summed E-state index contributed by atoms with van der Waals surface area (Å²) in [4.78, 5) is 11.4. The average Bonchev–Trinajstić information content (AvgIpc) is 2.24. The van der Waals surface area contributed by atoms with E-state index in [1.165, 1.54) is 0 Å². The van der Waals surface area contributed by atoms with Crippen LogP contribution < -0.4 is 11.1 Å². The zero-order valence-corrected chi connectivity index (χ0v) is 10.3. The van der Waals surface area contributed by atoms with Gasteiger partial charge in [-0.1, -0.05) is 13.8 Å². The van der Waals surface area contributed by atoms with Gasteiger partial charge in [0.1, 0.15) is 0 Å². The summed E-state index contributed by atoms with van der Waals surface area (Å²) < 4.78 is 0. The third kappa shape index (κ3) is 7.24. The first-order valence-corrected chi connectivity index (χ1v) is 5.95. The Morgan fingerprint density at radius 3 is 2.62 bits per heavy atom. The Kier molecular flexibility index (Phi) is 8.55. The lowest BCUT2D eigenvalue weighted by Gasteiger charge is -2.19. The maximum atomic E-state index is 11.4. The van der Waals surface area contributed by atoms with Crippen LogP contribution in [-0.2, 0) is 4.79 Å². The Labute approximate surface area is 98.2 Å². The molecule has 0 bridgehead atoms. The minimum Gasteiger partial charge on any atom is -0.355 e. The predicted octanol–water partition coefficient (Wildman–Crippen LogP) is 1.42. The van der Waals surface area contributed by atoms with Crippen LogP contribution in [0.3, 0.4) is 0 Å². The second kappa shape index (κ2) is 9.17. The molecule has 0 saturated heterocycles. The Balaban J connectivity index is 3.74. The van der Waals surface area contributed by atoms with Gasteiger partial charge in [-0.05, 0) is 31.2 Å². The first-order valence-electron chi connectivity index (χ1n) is 5.95. The first-order chi connectivity index (χ1) is 7.61. The van der Waals surface area contributed by atoms with E-state index in [-0.39, 0.29) is 5.91 Å². The number of nitriles is 1. The molecule has 0 aliphatic carbocycles. The number of carbonyl (C=O) groups is 1. The maximum absolute atomic E-state index is 11.4. The molecule has 1 atom stereocenters. The largest absolute Gasteiger partial charge is 0.355 e. The fourth-order valence-corrected chi connectivity index (χ4v) is 1.69. The molecule has 4 heteroatoms. The Morgan fingerprint density at radius 2 is 2.12 bits per heavy atom. The number of hydrogen-bond donors (Lipinski definition) is 2. The summed E-state index contributed by atoms with van der Waals surface area (Å²) >= 11 is 0. The summed E-state index contributed by atoms with van der Waals surface area (Å²) in [5.74, 6) is 1.13. The number of hydrogen-bond acceptors (Lipinski definition) is 3. The summed E-state index contributed by atoms with van der Waals surface area (Å²) in [7, 11) is 0. The fraction of sp³-hybridized carbons (Fsp3) is 0.833. The highest BCUT2D eigenvalue weighted by Crippen LogP contribution is 2.20. The third-order valence-corrected chi connectivity index (χ3v) is 2.78. The number of amides is 1. The van der Waals surface area contributed by atoms with Gasteiger partial charge in [-0.15, -0.1) is 0 Å². The van der Waals surface area contributed by atoms with Crippen LogP contribution in [0.15, 0.2) is 0 Å². The number of nitrogens with two attached hydrogens (primary N) is 1. The number of nitrogens with one attached hydrogen (secondary N) is 1. The second-order valence-corrected chi connectivity index (χ2v) is 4.38. The molecule has 0 radical (unpaired) electrons.